The smallest absolute Gasteiger partial charge is 0.277 e. The lowest BCUT2D eigenvalue weighted by Crippen LogP contribution is -2.49. The molecule has 8 nitrogen and oxygen atoms in total. The summed E-state index contributed by atoms with van der Waals surface area (Å²) in [6.45, 7) is 10.4. The maximum Gasteiger partial charge on any atom is 0.277 e. The third-order valence-electron chi connectivity index (χ3n) is 6.38. The van der Waals surface area contributed by atoms with Crippen LogP contribution in [-0.2, 0) is 23.2 Å². The summed E-state index contributed by atoms with van der Waals surface area (Å²) >= 11 is 1.57. The molecule has 34 heavy (non-hydrogen) atoms. The Bertz CT molecular complexity index is 1190. The Morgan fingerprint density at radius 1 is 1.32 bits per heavy atom. The molecular formula is C25H33N5O3S. The molecule has 0 amide bonds. The van der Waals surface area contributed by atoms with Crippen LogP contribution >= 0.6 is 11.3 Å². The topological polar surface area (TPSA) is 90.3 Å². The second-order valence-corrected chi connectivity index (χ2v) is 9.24. The van der Waals surface area contributed by atoms with Gasteiger partial charge in [-0.15, -0.1) is 11.3 Å². The summed E-state index contributed by atoms with van der Waals surface area (Å²) < 4.78 is 13.2. The zero-order valence-corrected chi connectivity index (χ0v) is 21.3. The van der Waals surface area contributed by atoms with Crippen LogP contribution in [0, 0.1) is 6.92 Å². The van der Waals surface area contributed by atoms with Crippen molar-refractivity contribution in [1.82, 2.24) is 19.9 Å². The van der Waals surface area contributed by atoms with Gasteiger partial charge in [-0.1, -0.05) is 6.92 Å². The van der Waals surface area contributed by atoms with E-state index in [4.69, 9.17) is 14.5 Å². The number of thiazole rings is 1. The van der Waals surface area contributed by atoms with Crippen LogP contribution in [0.25, 0.3) is 11.4 Å². The van der Waals surface area contributed by atoms with Gasteiger partial charge in [0, 0.05) is 43.4 Å². The van der Waals surface area contributed by atoms with Gasteiger partial charge in [0.15, 0.2) is 0 Å². The minimum atomic E-state index is -0.641. The molecule has 0 saturated carbocycles. The summed E-state index contributed by atoms with van der Waals surface area (Å²) in [5, 5.41) is 9.90. The molecule has 3 heterocycles. The maximum atomic E-state index is 13.9. The Balaban J connectivity index is 1.87. The van der Waals surface area contributed by atoms with Crippen molar-refractivity contribution in [3.8, 4) is 17.1 Å². The Labute approximate surface area is 204 Å². The van der Waals surface area contributed by atoms with Crippen LogP contribution in [0.3, 0.4) is 0 Å². The predicted octanol–water partition coefficient (Wildman–Crippen LogP) is 3.58. The highest BCUT2D eigenvalue weighted by molar-refractivity contribution is 7.09. The van der Waals surface area contributed by atoms with Gasteiger partial charge in [0.05, 0.1) is 12.8 Å². The van der Waals surface area contributed by atoms with E-state index in [1.54, 1.807) is 29.2 Å². The van der Waals surface area contributed by atoms with Crippen molar-refractivity contribution >= 4 is 17.0 Å². The fourth-order valence-corrected chi connectivity index (χ4v) is 5.48. The van der Waals surface area contributed by atoms with Crippen molar-refractivity contribution in [2.24, 2.45) is 0 Å². The highest BCUT2D eigenvalue weighted by atomic mass is 32.1. The molecule has 1 aliphatic rings. The number of anilines is 1. The summed E-state index contributed by atoms with van der Waals surface area (Å²) in [4.78, 5) is 23.6. The Hall–Kier alpha value is -2.75. The Morgan fingerprint density at radius 2 is 2.15 bits per heavy atom. The first-order valence-electron chi connectivity index (χ1n) is 11.8. The highest BCUT2D eigenvalue weighted by Crippen LogP contribution is 2.36. The van der Waals surface area contributed by atoms with Crippen LogP contribution in [0.1, 0.15) is 37.0 Å². The molecule has 0 spiro atoms. The molecule has 2 atom stereocenters. The molecule has 2 aromatic heterocycles. The number of nitrogens with one attached hydrogen (secondary N) is 2. The average Bonchev–Trinajstić information content (AvgIpc) is 3.52. The van der Waals surface area contributed by atoms with E-state index < -0.39 is 5.54 Å². The van der Waals surface area contributed by atoms with E-state index in [1.165, 1.54) is 0 Å². The molecular weight excluding hydrogens is 450 g/mol. The Morgan fingerprint density at radius 3 is 2.76 bits per heavy atom. The standard InChI is InChI=1S/C25H33N5O3S/c1-6-19-21(29-25(24-27-11-12-34-24)15-26-14-20(25)33-8-3)23(31)30(7-2)22(28-19)18-10-9-17(32-5)13-16(18)4/h9-13,20,26,29H,6-8,14-15H2,1-5H3/t20-,25+/m0/s1. The molecule has 4 rings (SSSR count). The zero-order valence-electron chi connectivity index (χ0n) is 20.5. The second kappa shape index (κ2) is 10.2. The average molecular weight is 484 g/mol. The molecule has 1 aromatic carbocycles. The lowest BCUT2D eigenvalue weighted by atomic mass is 9.95. The van der Waals surface area contributed by atoms with E-state index in [9.17, 15) is 4.79 Å². The quantitative estimate of drug-likeness (QED) is 0.481. The fraction of sp³-hybridized carbons (Fsp3) is 0.480. The first kappa shape index (κ1) is 24.4. The number of rotatable bonds is 9. The van der Waals surface area contributed by atoms with Crippen LogP contribution in [-0.4, -0.2) is 47.4 Å². The lowest BCUT2D eigenvalue weighted by molar-refractivity contribution is 0.0396. The van der Waals surface area contributed by atoms with E-state index in [0.717, 1.165) is 27.6 Å². The lowest BCUT2D eigenvalue weighted by Gasteiger charge is -2.35. The summed E-state index contributed by atoms with van der Waals surface area (Å²) in [5.74, 6) is 1.45. The van der Waals surface area contributed by atoms with Gasteiger partial charge in [-0.25, -0.2) is 9.97 Å². The Kier molecular flexibility index (Phi) is 7.35. The number of methoxy groups -OCH3 is 1. The minimum Gasteiger partial charge on any atom is -0.497 e. The summed E-state index contributed by atoms with van der Waals surface area (Å²) in [6, 6.07) is 5.84. The molecule has 9 heteroatoms. The molecule has 2 N–H and O–H groups in total. The SMILES string of the molecule is CCO[C@H]1CNC[C@]1(Nc1c(CC)nc(-c2ccc(OC)cc2C)n(CC)c1=O)c1nccs1. The number of hydrogen-bond donors (Lipinski definition) is 2. The van der Waals surface area contributed by atoms with Gasteiger partial charge in [-0.3, -0.25) is 9.36 Å². The fourth-order valence-electron chi connectivity index (χ4n) is 4.64. The van der Waals surface area contributed by atoms with Crippen LogP contribution < -0.4 is 20.9 Å². The molecule has 0 bridgehead atoms. The number of nitrogens with zero attached hydrogens (tertiary/aromatic N) is 3. The van der Waals surface area contributed by atoms with Crippen molar-refractivity contribution in [2.75, 3.05) is 32.1 Å². The van der Waals surface area contributed by atoms with Crippen molar-refractivity contribution < 1.29 is 9.47 Å². The zero-order chi connectivity index (χ0) is 24.3. The third-order valence-corrected chi connectivity index (χ3v) is 7.33. The number of ether oxygens (including phenoxy) is 2. The summed E-state index contributed by atoms with van der Waals surface area (Å²) in [6.07, 6.45) is 2.25. The van der Waals surface area contributed by atoms with Gasteiger partial charge in [-0.05, 0) is 51.0 Å². The summed E-state index contributed by atoms with van der Waals surface area (Å²) in [7, 11) is 1.65. The van der Waals surface area contributed by atoms with Crippen molar-refractivity contribution in [3.05, 3.63) is 56.4 Å². The third kappa shape index (κ3) is 4.23. The first-order valence-corrected chi connectivity index (χ1v) is 12.7. The van der Waals surface area contributed by atoms with Gasteiger partial charge in [-0.2, -0.15) is 0 Å². The first-order chi connectivity index (χ1) is 16.5. The van der Waals surface area contributed by atoms with E-state index in [1.807, 2.05) is 51.3 Å². The van der Waals surface area contributed by atoms with E-state index in [-0.39, 0.29) is 11.7 Å². The molecule has 0 unspecified atom stereocenters. The van der Waals surface area contributed by atoms with E-state index >= 15 is 0 Å². The van der Waals surface area contributed by atoms with Crippen LogP contribution in [0.4, 0.5) is 5.69 Å². The van der Waals surface area contributed by atoms with E-state index in [2.05, 4.69) is 15.6 Å². The molecule has 0 radical (unpaired) electrons. The van der Waals surface area contributed by atoms with Crippen LogP contribution in [0.2, 0.25) is 0 Å². The molecule has 1 aliphatic heterocycles. The van der Waals surface area contributed by atoms with Crippen molar-refractivity contribution in [3.63, 3.8) is 0 Å². The van der Waals surface area contributed by atoms with E-state index in [0.29, 0.717) is 44.2 Å². The number of benzene rings is 1. The largest absolute Gasteiger partial charge is 0.497 e. The van der Waals surface area contributed by atoms with Crippen LogP contribution in [0.15, 0.2) is 34.6 Å². The highest BCUT2D eigenvalue weighted by Gasteiger charge is 2.48. The molecule has 1 saturated heterocycles. The predicted molar refractivity (Wildman–Crippen MR) is 136 cm³/mol. The van der Waals surface area contributed by atoms with Gasteiger partial charge in [0.1, 0.15) is 33.9 Å². The minimum absolute atomic E-state index is 0.0855. The second-order valence-electron chi connectivity index (χ2n) is 8.35. The number of aromatic nitrogens is 3. The van der Waals surface area contributed by atoms with Gasteiger partial charge < -0.3 is 20.1 Å². The normalized spacial score (nSPS) is 20.0. The molecule has 0 aliphatic carbocycles. The molecule has 1 fully saturated rings. The number of aryl methyl sites for hydroxylation is 2. The van der Waals surface area contributed by atoms with Gasteiger partial charge in [0.2, 0.25) is 0 Å². The molecule has 3 aromatic rings. The van der Waals surface area contributed by atoms with Crippen LogP contribution in [0.5, 0.6) is 5.75 Å². The molecule has 182 valence electrons. The monoisotopic (exact) mass is 483 g/mol. The maximum absolute atomic E-state index is 13.9. The van der Waals surface area contributed by atoms with Gasteiger partial charge in [0.25, 0.3) is 5.56 Å². The number of hydrogen-bond acceptors (Lipinski definition) is 8. The summed E-state index contributed by atoms with van der Waals surface area (Å²) in [5.41, 5.74) is 2.45. The van der Waals surface area contributed by atoms with Gasteiger partial charge >= 0.3 is 0 Å². The van der Waals surface area contributed by atoms with Crippen molar-refractivity contribution in [2.45, 2.75) is 52.3 Å². The van der Waals surface area contributed by atoms with Crippen molar-refractivity contribution in [1.29, 1.82) is 0 Å².